The molecule has 0 unspecified atom stereocenters. The van der Waals surface area contributed by atoms with Gasteiger partial charge in [-0.2, -0.15) is 9.50 Å². The minimum absolute atomic E-state index is 0.0934. The molecule has 0 fully saturated rings. The Balaban J connectivity index is 1.76. The molecule has 0 bridgehead atoms. The zero-order valence-electron chi connectivity index (χ0n) is 12.1. The first kappa shape index (κ1) is 15.1. The number of rotatable bonds is 3. The smallest absolute Gasteiger partial charge is 0.253 e. The van der Waals surface area contributed by atoms with Gasteiger partial charge in [0.15, 0.2) is 17.3 Å². The summed E-state index contributed by atoms with van der Waals surface area (Å²) in [7, 11) is 0. The van der Waals surface area contributed by atoms with E-state index in [0.29, 0.717) is 16.6 Å². The molecule has 23 heavy (non-hydrogen) atoms. The fourth-order valence-corrected chi connectivity index (χ4v) is 2.33. The third-order valence-electron chi connectivity index (χ3n) is 3.11. The highest BCUT2D eigenvalue weighted by Crippen LogP contribution is 2.24. The summed E-state index contributed by atoms with van der Waals surface area (Å²) in [5.41, 5.74) is 0.984. The van der Waals surface area contributed by atoms with Crippen LogP contribution >= 0.6 is 12.6 Å². The summed E-state index contributed by atoms with van der Waals surface area (Å²) in [4.78, 5) is 20.5. The number of benzene rings is 1. The Hall–Kier alpha value is -2.81. The van der Waals surface area contributed by atoms with Crippen LogP contribution in [0.25, 0.3) is 5.78 Å². The van der Waals surface area contributed by atoms with Crippen molar-refractivity contribution in [1.82, 2.24) is 24.9 Å². The molecule has 3 N–H and O–H groups in total. The van der Waals surface area contributed by atoms with E-state index in [2.05, 4.69) is 33.0 Å². The summed E-state index contributed by atoms with van der Waals surface area (Å²) in [5.74, 6) is -0.278. The molecule has 3 aromatic rings. The Morgan fingerprint density at radius 1 is 1.26 bits per heavy atom. The lowest BCUT2D eigenvalue weighted by Crippen LogP contribution is -2.23. The van der Waals surface area contributed by atoms with Crippen LogP contribution in [0.15, 0.2) is 29.3 Å². The van der Waals surface area contributed by atoms with E-state index in [4.69, 9.17) is 0 Å². The standard InChI is InChI=1S/C14H13N5O3S/c1-7-4-12(23)19-14(16-7)17-11(18-19)6-15-13(22)8-2-3-9(20)10(21)5-8/h2-5,20-21,23H,6H2,1H3,(H,15,22). The van der Waals surface area contributed by atoms with Gasteiger partial charge in [-0.25, -0.2) is 4.98 Å². The maximum absolute atomic E-state index is 12.0. The van der Waals surface area contributed by atoms with Crippen LogP contribution in [0.2, 0.25) is 0 Å². The van der Waals surface area contributed by atoms with Crippen molar-refractivity contribution in [2.45, 2.75) is 18.5 Å². The summed E-state index contributed by atoms with van der Waals surface area (Å²) in [6.45, 7) is 1.92. The van der Waals surface area contributed by atoms with Crippen molar-refractivity contribution in [3.8, 4) is 11.5 Å². The van der Waals surface area contributed by atoms with Crippen LogP contribution in [-0.2, 0) is 6.54 Å². The average Bonchev–Trinajstić information content (AvgIpc) is 2.91. The number of thiol groups is 1. The Kier molecular flexibility index (Phi) is 3.78. The van der Waals surface area contributed by atoms with Crippen molar-refractivity contribution >= 4 is 24.3 Å². The lowest BCUT2D eigenvalue weighted by molar-refractivity contribution is 0.0949. The van der Waals surface area contributed by atoms with Gasteiger partial charge in [-0.15, -0.1) is 17.7 Å². The third-order valence-corrected chi connectivity index (χ3v) is 3.43. The van der Waals surface area contributed by atoms with Crippen LogP contribution in [0.3, 0.4) is 0 Å². The van der Waals surface area contributed by atoms with Gasteiger partial charge in [0.25, 0.3) is 11.7 Å². The van der Waals surface area contributed by atoms with Crippen LogP contribution in [0.4, 0.5) is 0 Å². The fraction of sp³-hybridized carbons (Fsp3) is 0.143. The molecular formula is C14H13N5O3S. The Morgan fingerprint density at radius 3 is 2.78 bits per heavy atom. The van der Waals surface area contributed by atoms with Gasteiger partial charge >= 0.3 is 0 Å². The normalized spacial score (nSPS) is 10.9. The van der Waals surface area contributed by atoms with Crippen LogP contribution in [0.1, 0.15) is 21.9 Å². The monoisotopic (exact) mass is 331 g/mol. The molecule has 2 heterocycles. The summed E-state index contributed by atoms with van der Waals surface area (Å²) < 4.78 is 1.48. The van der Waals surface area contributed by atoms with Gasteiger partial charge in [-0.05, 0) is 31.2 Å². The van der Waals surface area contributed by atoms with Crippen molar-refractivity contribution in [3.05, 3.63) is 41.3 Å². The highest BCUT2D eigenvalue weighted by atomic mass is 32.1. The molecule has 3 rings (SSSR count). The first-order valence-electron chi connectivity index (χ1n) is 6.66. The number of nitrogens with zero attached hydrogens (tertiary/aromatic N) is 4. The predicted molar refractivity (Wildman–Crippen MR) is 83.7 cm³/mol. The quantitative estimate of drug-likeness (QED) is 0.324. The van der Waals surface area contributed by atoms with Gasteiger partial charge in [0.1, 0.15) is 5.03 Å². The SMILES string of the molecule is Cc1cc(S)n2nc(CNC(=O)c3ccc(O)c(O)c3)nc2n1. The molecule has 0 aliphatic rings. The van der Waals surface area contributed by atoms with E-state index in [9.17, 15) is 15.0 Å². The second-order valence-corrected chi connectivity index (χ2v) is 5.34. The van der Waals surface area contributed by atoms with E-state index >= 15 is 0 Å². The summed E-state index contributed by atoms with van der Waals surface area (Å²) >= 11 is 4.30. The Labute approximate surface area is 136 Å². The molecule has 0 atom stereocenters. The number of nitrogens with one attached hydrogen (secondary N) is 1. The second kappa shape index (κ2) is 5.76. The Morgan fingerprint density at radius 2 is 2.04 bits per heavy atom. The summed E-state index contributed by atoms with van der Waals surface area (Å²) in [6.07, 6.45) is 0. The van der Waals surface area contributed by atoms with Gasteiger partial charge < -0.3 is 15.5 Å². The molecule has 0 saturated heterocycles. The number of fused-ring (bicyclic) bond motifs is 1. The highest BCUT2D eigenvalue weighted by Gasteiger charge is 2.12. The highest BCUT2D eigenvalue weighted by molar-refractivity contribution is 7.80. The van der Waals surface area contributed by atoms with Crippen molar-refractivity contribution < 1.29 is 15.0 Å². The molecule has 0 aliphatic carbocycles. The van der Waals surface area contributed by atoms with Crippen LogP contribution in [-0.4, -0.2) is 35.7 Å². The maximum Gasteiger partial charge on any atom is 0.253 e. The average molecular weight is 331 g/mol. The van der Waals surface area contributed by atoms with Crippen molar-refractivity contribution in [2.75, 3.05) is 0 Å². The first-order valence-corrected chi connectivity index (χ1v) is 7.11. The van der Waals surface area contributed by atoms with Gasteiger partial charge in [0, 0.05) is 11.3 Å². The number of amides is 1. The largest absolute Gasteiger partial charge is 0.504 e. The van der Waals surface area contributed by atoms with E-state index in [-0.39, 0.29) is 23.6 Å². The zero-order chi connectivity index (χ0) is 16.6. The molecule has 0 saturated carbocycles. The number of carbonyl (C=O) groups excluding carboxylic acids is 1. The molecule has 0 radical (unpaired) electrons. The number of phenolic OH excluding ortho intramolecular Hbond substituents is 2. The van der Waals surface area contributed by atoms with E-state index in [0.717, 1.165) is 5.69 Å². The van der Waals surface area contributed by atoms with Crippen LogP contribution in [0, 0.1) is 6.92 Å². The lowest BCUT2D eigenvalue weighted by Gasteiger charge is -2.04. The van der Waals surface area contributed by atoms with Crippen molar-refractivity contribution in [1.29, 1.82) is 0 Å². The molecule has 118 valence electrons. The van der Waals surface area contributed by atoms with Crippen LogP contribution in [0.5, 0.6) is 11.5 Å². The number of aromatic nitrogens is 4. The number of hydrogen-bond acceptors (Lipinski definition) is 7. The number of aryl methyl sites for hydroxylation is 1. The molecule has 9 heteroatoms. The summed E-state index contributed by atoms with van der Waals surface area (Å²) in [6, 6.07) is 5.58. The maximum atomic E-state index is 12.0. The number of phenols is 2. The summed E-state index contributed by atoms with van der Waals surface area (Å²) in [5, 5.41) is 26.1. The number of carbonyl (C=O) groups is 1. The molecular weight excluding hydrogens is 318 g/mol. The minimum Gasteiger partial charge on any atom is -0.504 e. The van der Waals surface area contributed by atoms with Gasteiger partial charge in [-0.1, -0.05) is 0 Å². The molecule has 0 spiro atoms. The van der Waals surface area contributed by atoms with E-state index < -0.39 is 5.91 Å². The number of hydrogen-bond donors (Lipinski definition) is 4. The molecule has 1 amide bonds. The second-order valence-electron chi connectivity index (χ2n) is 4.88. The molecule has 8 nitrogen and oxygen atoms in total. The minimum atomic E-state index is -0.422. The van der Waals surface area contributed by atoms with E-state index in [1.165, 1.54) is 22.7 Å². The fourth-order valence-electron chi connectivity index (χ4n) is 2.01. The third kappa shape index (κ3) is 3.04. The Bertz CT molecular complexity index is 909. The molecule has 0 aliphatic heterocycles. The number of aromatic hydroxyl groups is 2. The molecule has 1 aromatic carbocycles. The predicted octanol–water partition coefficient (Wildman–Crippen LogP) is 1.06. The van der Waals surface area contributed by atoms with E-state index in [1.807, 2.05) is 6.92 Å². The van der Waals surface area contributed by atoms with Crippen LogP contribution < -0.4 is 5.32 Å². The van der Waals surface area contributed by atoms with E-state index in [1.54, 1.807) is 6.07 Å². The van der Waals surface area contributed by atoms with Crippen molar-refractivity contribution in [3.63, 3.8) is 0 Å². The molecule has 2 aromatic heterocycles. The van der Waals surface area contributed by atoms with Gasteiger partial charge in [0.2, 0.25) is 0 Å². The first-order chi connectivity index (χ1) is 10.9. The van der Waals surface area contributed by atoms with Crippen molar-refractivity contribution in [2.24, 2.45) is 0 Å². The van der Waals surface area contributed by atoms with Gasteiger partial charge in [0.05, 0.1) is 6.54 Å². The van der Waals surface area contributed by atoms with Gasteiger partial charge in [-0.3, -0.25) is 4.79 Å². The topological polar surface area (TPSA) is 113 Å². The lowest BCUT2D eigenvalue weighted by atomic mass is 10.2. The zero-order valence-corrected chi connectivity index (χ0v) is 12.9.